The van der Waals surface area contributed by atoms with Gasteiger partial charge in [0.05, 0.1) is 11.0 Å². The van der Waals surface area contributed by atoms with Crippen LogP contribution in [0.5, 0.6) is 0 Å². The number of ether oxygens (including phenoxy) is 1. The van der Waals surface area contributed by atoms with E-state index in [-0.39, 0.29) is 12.5 Å². The van der Waals surface area contributed by atoms with Crippen LogP contribution in [0.2, 0.25) is 0 Å². The monoisotopic (exact) mass is 323 g/mol. The Balaban J connectivity index is 1.80. The number of amides is 1. The first kappa shape index (κ1) is 16.2. The molecule has 0 spiro atoms. The lowest BCUT2D eigenvalue weighted by atomic mass is 10.2. The van der Waals surface area contributed by atoms with Gasteiger partial charge in [-0.1, -0.05) is 42.5 Å². The first-order valence-corrected chi connectivity index (χ1v) is 7.90. The maximum atomic E-state index is 12.7. The summed E-state index contributed by atoms with van der Waals surface area (Å²) in [5.41, 5.74) is 2.94. The van der Waals surface area contributed by atoms with Gasteiger partial charge in [0.15, 0.2) is 0 Å². The highest BCUT2D eigenvalue weighted by Gasteiger charge is 2.16. The van der Waals surface area contributed by atoms with Crippen molar-refractivity contribution in [3.8, 4) is 0 Å². The molecule has 5 nitrogen and oxygen atoms in total. The number of imidazole rings is 1. The standard InChI is InChI=1S/C19H21N3O2/c1-21(12-15-8-4-3-5-9-15)19(23)13-22-17-11-7-6-10-16(17)20-18(22)14-24-2/h3-11H,12-14H2,1-2H3. The molecule has 0 radical (unpaired) electrons. The van der Waals surface area contributed by atoms with Gasteiger partial charge >= 0.3 is 0 Å². The number of para-hydroxylation sites is 2. The molecular formula is C19H21N3O2. The SMILES string of the molecule is COCc1nc2ccccc2n1CC(=O)N(C)Cc1ccccc1. The lowest BCUT2D eigenvalue weighted by molar-refractivity contribution is -0.131. The number of carbonyl (C=O) groups excluding carboxylic acids is 1. The third-order valence-electron chi connectivity index (χ3n) is 3.99. The summed E-state index contributed by atoms with van der Waals surface area (Å²) in [6, 6.07) is 17.8. The summed E-state index contributed by atoms with van der Waals surface area (Å²) < 4.78 is 7.16. The van der Waals surface area contributed by atoms with Crippen molar-refractivity contribution in [2.75, 3.05) is 14.2 Å². The van der Waals surface area contributed by atoms with E-state index in [0.29, 0.717) is 13.2 Å². The normalized spacial score (nSPS) is 10.9. The Morgan fingerprint density at radius 1 is 1.12 bits per heavy atom. The molecule has 0 bridgehead atoms. The van der Waals surface area contributed by atoms with Crippen molar-refractivity contribution in [1.82, 2.24) is 14.5 Å². The van der Waals surface area contributed by atoms with Gasteiger partial charge in [0.2, 0.25) is 5.91 Å². The molecule has 0 fully saturated rings. The van der Waals surface area contributed by atoms with Crippen LogP contribution in [0.4, 0.5) is 0 Å². The molecule has 0 unspecified atom stereocenters. The molecule has 0 aliphatic carbocycles. The number of aromatic nitrogens is 2. The third-order valence-corrected chi connectivity index (χ3v) is 3.99. The van der Waals surface area contributed by atoms with Crippen LogP contribution in [0, 0.1) is 0 Å². The van der Waals surface area contributed by atoms with E-state index in [1.165, 1.54) is 0 Å². The van der Waals surface area contributed by atoms with E-state index >= 15 is 0 Å². The van der Waals surface area contributed by atoms with E-state index in [1.807, 2.05) is 66.2 Å². The minimum absolute atomic E-state index is 0.0411. The van der Waals surface area contributed by atoms with E-state index in [0.717, 1.165) is 22.4 Å². The van der Waals surface area contributed by atoms with E-state index in [9.17, 15) is 4.79 Å². The summed E-state index contributed by atoms with van der Waals surface area (Å²) >= 11 is 0. The number of fused-ring (bicyclic) bond motifs is 1. The topological polar surface area (TPSA) is 47.4 Å². The zero-order chi connectivity index (χ0) is 16.9. The molecule has 3 aromatic rings. The van der Waals surface area contributed by atoms with Crippen molar-refractivity contribution in [3.05, 3.63) is 66.0 Å². The molecule has 0 aliphatic heterocycles. The highest BCUT2D eigenvalue weighted by molar-refractivity contribution is 5.81. The largest absolute Gasteiger partial charge is 0.377 e. The van der Waals surface area contributed by atoms with Gasteiger partial charge in [0, 0.05) is 20.7 Å². The zero-order valence-electron chi connectivity index (χ0n) is 14.0. The Bertz CT molecular complexity index is 827. The average Bonchev–Trinajstić information content (AvgIpc) is 2.94. The highest BCUT2D eigenvalue weighted by atomic mass is 16.5. The second-order valence-electron chi connectivity index (χ2n) is 5.77. The summed E-state index contributed by atoms with van der Waals surface area (Å²) in [5.74, 6) is 0.805. The van der Waals surface area contributed by atoms with Crippen molar-refractivity contribution < 1.29 is 9.53 Å². The summed E-state index contributed by atoms with van der Waals surface area (Å²) in [7, 11) is 3.46. The van der Waals surface area contributed by atoms with Gasteiger partial charge in [-0.2, -0.15) is 0 Å². The van der Waals surface area contributed by atoms with Gasteiger partial charge in [0.1, 0.15) is 19.0 Å². The van der Waals surface area contributed by atoms with Gasteiger partial charge in [-0.05, 0) is 17.7 Å². The molecule has 0 atom stereocenters. The van der Waals surface area contributed by atoms with Gasteiger partial charge in [-0.25, -0.2) is 4.98 Å². The molecule has 3 rings (SSSR count). The minimum atomic E-state index is 0.0411. The lowest BCUT2D eigenvalue weighted by Gasteiger charge is -2.18. The fourth-order valence-corrected chi connectivity index (χ4v) is 2.74. The van der Waals surface area contributed by atoms with Crippen LogP contribution in [0.15, 0.2) is 54.6 Å². The fourth-order valence-electron chi connectivity index (χ4n) is 2.74. The molecule has 0 N–H and O–H groups in total. The molecule has 1 amide bonds. The lowest BCUT2D eigenvalue weighted by Crippen LogP contribution is -2.30. The number of hydrogen-bond acceptors (Lipinski definition) is 3. The van der Waals surface area contributed by atoms with E-state index in [4.69, 9.17) is 4.74 Å². The molecular weight excluding hydrogens is 302 g/mol. The van der Waals surface area contributed by atoms with Crippen LogP contribution in [0.25, 0.3) is 11.0 Å². The van der Waals surface area contributed by atoms with E-state index in [1.54, 1.807) is 12.0 Å². The first-order chi connectivity index (χ1) is 11.7. The number of likely N-dealkylation sites (N-methyl/N-ethyl adjacent to an activating group) is 1. The molecule has 0 saturated heterocycles. The summed E-state index contributed by atoms with van der Waals surface area (Å²) in [5, 5.41) is 0. The van der Waals surface area contributed by atoms with Gasteiger partial charge in [-0.3, -0.25) is 4.79 Å². The molecule has 24 heavy (non-hydrogen) atoms. The van der Waals surface area contributed by atoms with Gasteiger partial charge in [-0.15, -0.1) is 0 Å². The van der Waals surface area contributed by atoms with E-state index < -0.39 is 0 Å². The fraction of sp³-hybridized carbons (Fsp3) is 0.263. The van der Waals surface area contributed by atoms with E-state index in [2.05, 4.69) is 4.98 Å². The highest BCUT2D eigenvalue weighted by Crippen LogP contribution is 2.17. The summed E-state index contributed by atoms with van der Waals surface area (Å²) in [6.07, 6.45) is 0. The number of hydrogen-bond donors (Lipinski definition) is 0. The Morgan fingerprint density at radius 2 is 1.83 bits per heavy atom. The second-order valence-corrected chi connectivity index (χ2v) is 5.77. The molecule has 1 heterocycles. The summed E-state index contributed by atoms with van der Waals surface area (Å²) in [4.78, 5) is 19.0. The Morgan fingerprint density at radius 3 is 2.58 bits per heavy atom. The van der Waals surface area contributed by atoms with Crippen molar-refractivity contribution in [3.63, 3.8) is 0 Å². The number of carbonyl (C=O) groups is 1. The Labute approximate surface area is 141 Å². The minimum Gasteiger partial charge on any atom is -0.377 e. The number of nitrogens with zero attached hydrogens (tertiary/aromatic N) is 3. The van der Waals surface area contributed by atoms with Crippen LogP contribution < -0.4 is 0 Å². The molecule has 0 aliphatic rings. The second kappa shape index (κ2) is 7.27. The van der Waals surface area contributed by atoms with Crippen LogP contribution in [-0.4, -0.2) is 34.5 Å². The summed E-state index contributed by atoms with van der Waals surface area (Å²) in [6.45, 7) is 1.22. The van der Waals surface area contributed by atoms with Crippen LogP contribution in [-0.2, 0) is 29.2 Å². The Hall–Kier alpha value is -2.66. The average molecular weight is 323 g/mol. The van der Waals surface area contributed by atoms with Crippen LogP contribution in [0.3, 0.4) is 0 Å². The quantitative estimate of drug-likeness (QED) is 0.701. The van der Waals surface area contributed by atoms with Crippen LogP contribution >= 0.6 is 0 Å². The number of methoxy groups -OCH3 is 1. The van der Waals surface area contributed by atoms with Crippen molar-refractivity contribution in [2.24, 2.45) is 0 Å². The molecule has 1 aromatic heterocycles. The third kappa shape index (κ3) is 3.46. The number of rotatable bonds is 6. The molecule has 2 aromatic carbocycles. The predicted octanol–water partition coefficient (Wildman–Crippen LogP) is 2.84. The maximum absolute atomic E-state index is 12.7. The smallest absolute Gasteiger partial charge is 0.242 e. The molecule has 124 valence electrons. The predicted molar refractivity (Wildman–Crippen MR) is 93.4 cm³/mol. The molecule has 5 heteroatoms. The van der Waals surface area contributed by atoms with Gasteiger partial charge < -0.3 is 14.2 Å². The van der Waals surface area contributed by atoms with Crippen LogP contribution in [0.1, 0.15) is 11.4 Å². The Kier molecular flexibility index (Phi) is 4.91. The van der Waals surface area contributed by atoms with Gasteiger partial charge in [0.25, 0.3) is 0 Å². The first-order valence-electron chi connectivity index (χ1n) is 7.90. The van der Waals surface area contributed by atoms with Crippen molar-refractivity contribution in [2.45, 2.75) is 19.7 Å². The zero-order valence-corrected chi connectivity index (χ0v) is 14.0. The molecule has 0 saturated carbocycles. The van der Waals surface area contributed by atoms with Crippen molar-refractivity contribution >= 4 is 16.9 Å². The maximum Gasteiger partial charge on any atom is 0.242 e. The van der Waals surface area contributed by atoms with Crippen molar-refractivity contribution in [1.29, 1.82) is 0 Å². The number of benzene rings is 2.